The molecule has 2 aromatic heterocycles. The second-order valence-electron chi connectivity index (χ2n) is 6.35. The molecule has 21 heavy (non-hydrogen) atoms. The fraction of sp³-hybridized carbons (Fsp3) is 0.643. The van der Waals surface area contributed by atoms with Gasteiger partial charge in [-0.15, -0.1) is 0 Å². The first-order chi connectivity index (χ1) is 10.1. The average molecular weight is 309 g/mol. The zero-order valence-electron chi connectivity index (χ0n) is 11.5. The highest BCUT2D eigenvalue weighted by molar-refractivity contribution is 6.33. The Morgan fingerprint density at radius 3 is 3.05 bits per heavy atom. The standard InChI is InChI=1S/C14H17ClN4O2/c15-12-10-13(17-6-16-12)19(7-18-10)9-3-8-1-2-14(4-9,5-20)11(8)21/h6-9,11,20-21H,1-5H2. The van der Waals surface area contributed by atoms with Crippen LogP contribution < -0.4 is 0 Å². The molecule has 0 aromatic carbocycles. The van der Waals surface area contributed by atoms with Gasteiger partial charge in [-0.2, -0.15) is 0 Å². The molecule has 2 fully saturated rings. The third-order valence-corrected chi connectivity index (χ3v) is 5.60. The minimum absolute atomic E-state index is 0.0313. The molecule has 6 nitrogen and oxygen atoms in total. The lowest BCUT2D eigenvalue weighted by atomic mass is 9.71. The van der Waals surface area contributed by atoms with Crippen molar-refractivity contribution >= 4 is 22.8 Å². The molecule has 2 aliphatic carbocycles. The number of halogens is 1. The first-order valence-electron chi connectivity index (χ1n) is 7.26. The normalized spacial score (nSPS) is 35.5. The van der Waals surface area contributed by atoms with E-state index < -0.39 is 6.10 Å². The van der Waals surface area contributed by atoms with E-state index in [4.69, 9.17) is 11.6 Å². The lowest BCUT2D eigenvalue weighted by molar-refractivity contribution is -0.0552. The summed E-state index contributed by atoms with van der Waals surface area (Å²) in [4.78, 5) is 12.6. The number of nitrogens with zero attached hydrogens (tertiary/aromatic N) is 4. The summed E-state index contributed by atoms with van der Waals surface area (Å²) >= 11 is 6.05. The van der Waals surface area contributed by atoms with Crippen molar-refractivity contribution in [3.05, 3.63) is 17.8 Å². The molecular weight excluding hydrogens is 292 g/mol. The molecule has 0 aliphatic heterocycles. The van der Waals surface area contributed by atoms with Gasteiger partial charge in [-0.1, -0.05) is 11.6 Å². The Bertz CT molecular complexity index is 691. The number of imidazole rings is 1. The zero-order chi connectivity index (χ0) is 14.6. The summed E-state index contributed by atoms with van der Waals surface area (Å²) in [7, 11) is 0. The van der Waals surface area contributed by atoms with Crippen LogP contribution in [0.25, 0.3) is 11.2 Å². The molecule has 2 bridgehead atoms. The first-order valence-corrected chi connectivity index (χ1v) is 7.64. The van der Waals surface area contributed by atoms with Crippen LogP contribution in [0, 0.1) is 11.3 Å². The van der Waals surface area contributed by atoms with Crippen molar-refractivity contribution in [1.29, 1.82) is 0 Å². The Balaban J connectivity index is 1.75. The topological polar surface area (TPSA) is 84.1 Å². The minimum atomic E-state index is -0.397. The molecule has 0 radical (unpaired) electrons. The largest absolute Gasteiger partial charge is 0.396 e. The Kier molecular flexibility index (Phi) is 2.96. The first kappa shape index (κ1) is 13.4. The molecule has 4 rings (SSSR count). The van der Waals surface area contributed by atoms with Gasteiger partial charge in [0, 0.05) is 11.5 Å². The summed E-state index contributed by atoms with van der Waals surface area (Å²) in [5.41, 5.74) is 0.959. The van der Waals surface area contributed by atoms with Gasteiger partial charge in [-0.25, -0.2) is 15.0 Å². The fourth-order valence-corrected chi connectivity index (χ4v) is 4.37. The molecule has 4 unspecified atom stereocenters. The van der Waals surface area contributed by atoms with Gasteiger partial charge in [0.2, 0.25) is 0 Å². The molecule has 0 saturated heterocycles. The molecule has 7 heteroatoms. The van der Waals surface area contributed by atoms with Crippen LogP contribution >= 0.6 is 11.6 Å². The molecule has 4 atom stereocenters. The van der Waals surface area contributed by atoms with E-state index in [-0.39, 0.29) is 24.0 Å². The van der Waals surface area contributed by atoms with E-state index in [9.17, 15) is 10.2 Å². The van der Waals surface area contributed by atoms with Gasteiger partial charge >= 0.3 is 0 Å². The van der Waals surface area contributed by atoms with Crippen molar-refractivity contribution in [3.8, 4) is 0 Å². The van der Waals surface area contributed by atoms with E-state index in [1.165, 1.54) is 6.33 Å². The third kappa shape index (κ3) is 1.82. The summed E-state index contributed by atoms with van der Waals surface area (Å²) in [6, 6.07) is 0.184. The molecule has 2 N–H and O–H groups in total. The third-order valence-electron chi connectivity index (χ3n) is 5.33. The van der Waals surface area contributed by atoms with E-state index in [0.29, 0.717) is 10.7 Å². The van der Waals surface area contributed by atoms with Crippen molar-refractivity contribution < 1.29 is 10.2 Å². The highest BCUT2D eigenvalue weighted by Crippen LogP contribution is 2.54. The lowest BCUT2D eigenvalue weighted by Crippen LogP contribution is -2.43. The number of hydrogen-bond donors (Lipinski definition) is 2. The molecule has 2 saturated carbocycles. The smallest absolute Gasteiger partial charge is 0.165 e. The molecule has 2 aromatic rings. The van der Waals surface area contributed by atoms with Crippen LogP contribution in [0.15, 0.2) is 12.7 Å². The van der Waals surface area contributed by atoms with Crippen molar-refractivity contribution in [2.75, 3.05) is 6.61 Å². The number of aliphatic hydroxyl groups is 2. The Hall–Kier alpha value is -1.24. The van der Waals surface area contributed by atoms with Crippen molar-refractivity contribution in [1.82, 2.24) is 19.5 Å². The highest BCUT2D eigenvalue weighted by Gasteiger charge is 2.53. The van der Waals surface area contributed by atoms with Gasteiger partial charge < -0.3 is 14.8 Å². The maximum Gasteiger partial charge on any atom is 0.165 e. The molecular formula is C14H17ClN4O2. The lowest BCUT2D eigenvalue weighted by Gasteiger charge is -2.41. The van der Waals surface area contributed by atoms with Crippen LogP contribution in [0.1, 0.15) is 31.7 Å². The van der Waals surface area contributed by atoms with E-state index in [0.717, 1.165) is 31.3 Å². The molecule has 0 amide bonds. The second kappa shape index (κ2) is 4.63. The summed E-state index contributed by atoms with van der Waals surface area (Å²) in [5, 5.41) is 20.5. The molecule has 0 spiro atoms. The van der Waals surface area contributed by atoms with Crippen molar-refractivity contribution in [2.24, 2.45) is 11.3 Å². The number of aromatic nitrogens is 4. The zero-order valence-corrected chi connectivity index (χ0v) is 12.2. The van der Waals surface area contributed by atoms with Gasteiger partial charge in [0.25, 0.3) is 0 Å². The van der Waals surface area contributed by atoms with Crippen LogP contribution in [0.5, 0.6) is 0 Å². The molecule has 112 valence electrons. The summed E-state index contributed by atoms with van der Waals surface area (Å²) < 4.78 is 2.03. The van der Waals surface area contributed by atoms with Crippen LogP contribution in [-0.2, 0) is 0 Å². The van der Waals surface area contributed by atoms with Crippen LogP contribution in [-0.4, -0.2) is 42.4 Å². The predicted octanol–water partition coefficient (Wildman–Crippen LogP) is 1.56. The summed E-state index contributed by atoms with van der Waals surface area (Å²) in [5.74, 6) is 0.241. The summed E-state index contributed by atoms with van der Waals surface area (Å²) in [6.45, 7) is 0.0313. The maximum absolute atomic E-state index is 10.4. The Morgan fingerprint density at radius 1 is 1.38 bits per heavy atom. The average Bonchev–Trinajstić information content (AvgIpc) is 2.98. The van der Waals surface area contributed by atoms with Crippen LogP contribution in [0.2, 0.25) is 5.15 Å². The van der Waals surface area contributed by atoms with E-state index >= 15 is 0 Å². The van der Waals surface area contributed by atoms with E-state index in [1.54, 1.807) is 6.33 Å². The Morgan fingerprint density at radius 2 is 2.24 bits per heavy atom. The number of aliphatic hydroxyl groups excluding tert-OH is 2. The monoisotopic (exact) mass is 308 g/mol. The second-order valence-corrected chi connectivity index (χ2v) is 6.70. The predicted molar refractivity (Wildman–Crippen MR) is 76.9 cm³/mol. The molecule has 2 heterocycles. The van der Waals surface area contributed by atoms with Crippen molar-refractivity contribution in [2.45, 2.75) is 37.8 Å². The van der Waals surface area contributed by atoms with E-state index in [1.807, 2.05) is 4.57 Å². The summed E-state index contributed by atoms with van der Waals surface area (Å²) in [6.07, 6.45) is 6.28. The SMILES string of the molecule is OCC12CCC(CC(n3cnc4c(Cl)ncnc43)C1)C2O. The van der Waals surface area contributed by atoms with Gasteiger partial charge in [0.05, 0.1) is 19.0 Å². The van der Waals surface area contributed by atoms with Crippen LogP contribution in [0.4, 0.5) is 0 Å². The quantitative estimate of drug-likeness (QED) is 0.823. The van der Waals surface area contributed by atoms with E-state index in [2.05, 4.69) is 15.0 Å². The van der Waals surface area contributed by atoms with Gasteiger partial charge in [0.1, 0.15) is 11.8 Å². The fourth-order valence-electron chi connectivity index (χ4n) is 4.19. The number of hydrogen-bond acceptors (Lipinski definition) is 5. The molecule has 2 aliphatic rings. The van der Waals surface area contributed by atoms with Gasteiger partial charge in [-0.3, -0.25) is 0 Å². The van der Waals surface area contributed by atoms with Gasteiger partial charge in [-0.05, 0) is 31.6 Å². The minimum Gasteiger partial charge on any atom is -0.396 e. The number of fused-ring (bicyclic) bond motifs is 3. The maximum atomic E-state index is 10.4. The highest BCUT2D eigenvalue weighted by atomic mass is 35.5. The Labute approximate surface area is 126 Å². The van der Waals surface area contributed by atoms with Crippen molar-refractivity contribution in [3.63, 3.8) is 0 Å². The number of rotatable bonds is 2. The van der Waals surface area contributed by atoms with Crippen LogP contribution in [0.3, 0.4) is 0 Å². The van der Waals surface area contributed by atoms with Gasteiger partial charge in [0.15, 0.2) is 10.8 Å².